The van der Waals surface area contributed by atoms with Gasteiger partial charge in [-0.2, -0.15) is 0 Å². The van der Waals surface area contributed by atoms with Gasteiger partial charge in [-0.3, -0.25) is 9.78 Å². The summed E-state index contributed by atoms with van der Waals surface area (Å²) in [6.07, 6.45) is 9.51. The van der Waals surface area contributed by atoms with Gasteiger partial charge in [-0.15, -0.1) is 0 Å². The van der Waals surface area contributed by atoms with Gasteiger partial charge in [0.1, 0.15) is 24.0 Å². The maximum Gasteiger partial charge on any atom is 0.253 e. The van der Waals surface area contributed by atoms with Crippen molar-refractivity contribution in [2.45, 2.75) is 32.3 Å². The van der Waals surface area contributed by atoms with E-state index in [1.165, 1.54) is 19.2 Å². The highest BCUT2D eigenvalue weighted by Gasteiger charge is 2.18. The van der Waals surface area contributed by atoms with Crippen LogP contribution in [-0.2, 0) is 6.42 Å². The summed E-state index contributed by atoms with van der Waals surface area (Å²) in [5.41, 5.74) is 4.49. The van der Waals surface area contributed by atoms with Gasteiger partial charge >= 0.3 is 0 Å². The molecule has 1 fully saturated rings. The first kappa shape index (κ1) is 30.5. The van der Waals surface area contributed by atoms with E-state index in [1.807, 2.05) is 72.4 Å². The zero-order chi connectivity index (χ0) is 31.2. The molecule has 3 N–H and O–H groups in total. The molecule has 2 aromatic carbocycles. The van der Waals surface area contributed by atoms with Crippen LogP contribution in [0.2, 0.25) is 5.02 Å². The minimum atomic E-state index is -0.264. The number of amides is 1. The predicted octanol–water partition coefficient (Wildman–Crippen LogP) is 5.71. The van der Waals surface area contributed by atoms with E-state index in [1.54, 1.807) is 12.3 Å². The lowest BCUT2D eigenvalue weighted by molar-refractivity contribution is 0.0948. The van der Waals surface area contributed by atoms with Crippen LogP contribution in [0.1, 0.15) is 47.5 Å². The zero-order valence-corrected chi connectivity index (χ0v) is 25.9. The number of carbonyl (C=O) groups excluding carboxylic acids is 1. The van der Waals surface area contributed by atoms with Crippen molar-refractivity contribution in [3.05, 3.63) is 101 Å². The molecule has 0 saturated carbocycles. The van der Waals surface area contributed by atoms with Crippen molar-refractivity contribution in [3.63, 3.8) is 0 Å². The van der Waals surface area contributed by atoms with Crippen molar-refractivity contribution in [1.29, 1.82) is 0 Å². The van der Waals surface area contributed by atoms with Crippen LogP contribution in [0, 0.1) is 0 Å². The minimum Gasteiger partial charge on any atom is -0.483 e. The van der Waals surface area contributed by atoms with E-state index in [0.717, 1.165) is 53.2 Å². The van der Waals surface area contributed by atoms with E-state index in [0.29, 0.717) is 35.1 Å². The van der Waals surface area contributed by atoms with E-state index in [2.05, 4.69) is 30.5 Å². The molecule has 3 aromatic heterocycles. The van der Waals surface area contributed by atoms with E-state index in [4.69, 9.17) is 16.3 Å². The second kappa shape index (κ2) is 14.1. The molecule has 6 rings (SSSR count). The van der Waals surface area contributed by atoms with Crippen LogP contribution in [0.25, 0.3) is 16.6 Å². The highest BCUT2D eigenvalue weighted by molar-refractivity contribution is 6.32. The molecule has 1 unspecified atom stereocenters. The van der Waals surface area contributed by atoms with E-state index in [-0.39, 0.29) is 18.6 Å². The minimum absolute atomic E-state index is 0.0495. The molecule has 1 aliphatic rings. The van der Waals surface area contributed by atoms with Gasteiger partial charge in [0.05, 0.1) is 21.8 Å². The number of nitrogens with one attached hydrogen (secondary N) is 2. The lowest BCUT2D eigenvalue weighted by Crippen LogP contribution is -2.33. The van der Waals surface area contributed by atoms with Gasteiger partial charge in [0.25, 0.3) is 5.91 Å². The maximum atomic E-state index is 13.1. The molecular weight excluding hydrogens is 590 g/mol. The Labute approximate surface area is 267 Å². The van der Waals surface area contributed by atoms with Gasteiger partial charge in [0, 0.05) is 55.0 Å². The predicted molar refractivity (Wildman–Crippen MR) is 176 cm³/mol. The van der Waals surface area contributed by atoms with Crippen LogP contribution in [0.3, 0.4) is 0 Å². The number of anilines is 2. The van der Waals surface area contributed by atoms with Crippen molar-refractivity contribution in [2.75, 3.05) is 38.1 Å². The summed E-state index contributed by atoms with van der Waals surface area (Å²) in [5, 5.41) is 17.4. The summed E-state index contributed by atoms with van der Waals surface area (Å²) in [5.74, 6) is 1.02. The van der Waals surface area contributed by atoms with Gasteiger partial charge in [-0.1, -0.05) is 17.7 Å². The first-order valence-electron chi connectivity index (χ1n) is 15.2. The molecule has 4 heterocycles. The third kappa shape index (κ3) is 7.25. The monoisotopic (exact) mass is 625 g/mol. The number of likely N-dealkylation sites (tertiary alicyclic amines) is 1. The number of aromatic nitrogens is 4. The quantitative estimate of drug-likeness (QED) is 0.161. The molecule has 232 valence electrons. The Kier molecular flexibility index (Phi) is 9.54. The topological polar surface area (TPSA) is 117 Å². The standard InChI is InChI=1S/C34H36ClN7O3/c1-23(30-6-2-3-12-36-30)45-32-10-7-25(18-29(32)35)40-33-27-19-26(8-9-31(27)38-22-39-33)42-20-24(11-17-43)28(21-42)34(44)37-13-16-41-14-4-5-15-41/h2-3,6-10,12,18-23,43H,4-5,11,13-17H2,1H3,(H,37,44)(H,38,39,40). The van der Waals surface area contributed by atoms with Crippen LogP contribution in [0.15, 0.2) is 79.5 Å². The highest BCUT2D eigenvalue weighted by atomic mass is 35.5. The van der Waals surface area contributed by atoms with Crippen LogP contribution in [0.5, 0.6) is 5.75 Å². The van der Waals surface area contributed by atoms with Gasteiger partial charge in [-0.25, -0.2) is 9.97 Å². The van der Waals surface area contributed by atoms with Crippen molar-refractivity contribution < 1.29 is 14.6 Å². The lowest BCUT2D eigenvalue weighted by atomic mass is 10.1. The molecule has 0 radical (unpaired) electrons. The Morgan fingerprint density at radius 1 is 1.07 bits per heavy atom. The number of aliphatic hydroxyl groups is 1. The first-order valence-corrected chi connectivity index (χ1v) is 15.6. The normalized spacial score (nSPS) is 14.0. The summed E-state index contributed by atoms with van der Waals surface area (Å²) in [6.45, 7) is 5.48. The number of benzene rings is 2. The van der Waals surface area contributed by atoms with Crippen molar-refractivity contribution in [1.82, 2.24) is 29.7 Å². The molecular formula is C34H36ClN7O3. The molecule has 1 saturated heterocycles. The third-order valence-corrected chi connectivity index (χ3v) is 8.26. The molecule has 0 aliphatic carbocycles. The SMILES string of the molecule is CC(Oc1ccc(Nc2ncnc3ccc(-n4cc(CCO)c(C(=O)NCCN5CCCC5)c4)cc23)cc1Cl)c1ccccn1. The Morgan fingerprint density at radius 3 is 2.71 bits per heavy atom. The summed E-state index contributed by atoms with van der Waals surface area (Å²) in [6, 6.07) is 17.0. The third-order valence-electron chi connectivity index (χ3n) is 7.97. The van der Waals surface area contributed by atoms with Crippen LogP contribution >= 0.6 is 11.6 Å². The number of halogens is 1. The number of rotatable bonds is 12. The fourth-order valence-electron chi connectivity index (χ4n) is 5.58. The molecule has 45 heavy (non-hydrogen) atoms. The molecule has 1 aliphatic heterocycles. The molecule has 11 heteroatoms. The average molecular weight is 626 g/mol. The summed E-state index contributed by atoms with van der Waals surface area (Å²) >= 11 is 6.61. The Hall–Kier alpha value is -4.51. The summed E-state index contributed by atoms with van der Waals surface area (Å²) < 4.78 is 7.97. The lowest BCUT2D eigenvalue weighted by Gasteiger charge is -2.16. The smallest absolute Gasteiger partial charge is 0.253 e. The van der Waals surface area contributed by atoms with Gasteiger partial charge < -0.3 is 29.9 Å². The fourth-order valence-corrected chi connectivity index (χ4v) is 5.81. The molecule has 10 nitrogen and oxygen atoms in total. The molecule has 0 bridgehead atoms. The van der Waals surface area contributed by atoms with Crippen molar-refractivity contribution in [2.24, 2.45) is 0 Å². The van der Waals surface area contributed by atoms with Crippen LogP contribution in [0.4, 0.5) is 11.5 Å². The Balaban J connectivity index is 1.21. The molecule has 5 aromatic rings. The van der Waals surface area contributed by atoms with Crippen molar-refractivity contribution >= 4 is 39.9 Å². The number of fused-ring (bicyclic) bond motifs is 1. The number of pyridine rings is 1. The van der Waals surface area contributed by atoms with E-state index < -0.39 is 0 Å². The number of hydrogen-bond donors (Lipinski definition) is 3. The number of nitrogens with zero attached hydrogens (tertiary/aromatic N) is 5. The summed E-state index contributed by atoms with van der Waals surface area (Å²) in [7, 11) is 0. The largest absolute Gasteiger partial charge is 0.483 e. The van der Waals surface area contributed by atoms with Crippen molar-refractivity contribution in [3.8, 4) is 11.4 Å². The number of hydrogen-bond acceptors (Lipinski definition) is 8. The summed E-state index contributed by atoms with van der Waals surface area (Å²) in [4.78, 5) is 28.8. The van der Waals surface area contributed by atoms with E-state index >= 15 is 0 Å². The number of aliphatic hydroxyl groups excluding tert-OH is 1. The van der Waals surface area contributed by atoms with Gasteiger partial charge in [-0.05, 0) is 93.4 Å². The number of carbonyl (C=O) groups is 1. The molecule has 1 atom stereocenters. The van der Waals surface area contributed by atoms with E-state index in [9.17, 15) is 9.90 Å². The highest BCUT2D eigenvalue weighted by Crippen LogP contribution is 2.33. The fraction of sp³-hybridized carbons (Fsp3) is 0.294. The van der Waals surface area contributed by atoms with Gasteiger partial charge in [0.15, 0.2) is 0 Å². The number of ether oxygens (including phenoxy) is 1. The zero-order valence-electron chi connectivity index (χ0n) is 25.1. The Morgan fingerprint density at radius 2 is 1.93 bits per heavy atom. The van der Waals surface area contributed by atoms with Crippen LogP contribution in [-0.4, -0.2) is 68.2 Å². The second-order valence-corrected chi connectivity index (χ2v) is 11.5. The maximum absolute atomic E-state index is 13.1. The van der Waals surface area contributed by atoms with Gasteiger partial charge in [0.2, 0.25) is 0 Å². The second-order valence-electron chi connectivity index (χ2n) is 11.1. The first-order chi connectivity index (χ1) is 22.0. The average Bonchev–Trinajstić information content (AvgIpc) is 3.73. The van der Waals surface area contributed by atoms with Crippen LogP contribution < -0.4 is 15.4 Å². The molecule has 1 amide bonds. The molecule has 0 spiro atoms. The Bertz CT molecular complexity index is 1770.